The molecule has 7 heteroatoms. The monoisotopic (exact) mass is 337 g/mol. The number of aryl methyl sites for hydroxylation is 1. The van der Waals surface area contributed by atoms with Crippen molar-refractivity contribution in [1.29, 1.82) is 0 Å². The number of nitro groups is 1. The molecule has 0 aliphatic heterocycles. The zero-order valence-corrected chi connectivity index (χ0v) is 14.8. The van der Waals surface area contributed by atoms with E-state index < -0.39 is 4.92 Å². The first-order valence-corrected chi connectivity index (χ1v) is 8.00. The second-order valence-corrected chi connectivity index (χ2v) is 7.15. The van der Waals surface area contributed by atoms with Crippen molar-refractivity contribution in [3.8, 4) is 0 Å². The lowest BCUT2D eigenvalue weighted by Crippen LogP contribution is -2.39. The largest absolute Gasteiger partial charge is 0.396 e. The Labute approximate surface area is 142 Å². The molecule has 7 nitrogen and oxygen atoms in total. The van der Waals surface area contributed by atoms with E-state index in [2.05, 4.69) is 26.1 Å². The van der Waals surface area contributed by atoms with E-state index >= 15 is 0 Å². The van der Waals surface area contributed by atoms with Crippen molar-refractivity contribution in [2.45, 2.75) is 34.1 Å². The highest BCUT2D eigenvalue weighted by atomic mass is 16.6. The van der Waals surface area contributed by atoms with Gasteiger partial charge in [0, 0.05) is 37.5 Å². The summed E-state index contributed by atoms with van der Waals surface area (Å²) in [7, 11) is 0. The number of carbonyl (C=O) groups excluding carboxylic acids is 1. The molecule has 24 heavy (non-hydrogen) atoms. The van der Waals surface area contributed by atoms with Crippen molar-refractivity contribution in [3.05, 3.63) is 33.9 Å². The minimum Gasteiger partial charge on any atom is -0.396 e. The molecule has 1 aromatic rings. The molecule has 0 radical (unpaired) electrons. The molecule has 0 aromatic heterocycles. The number of carbonyl (C=O) groups is 1. The maximum atomic E-state index is 12.3. The normalized spacial score (nSPS) is 11.6. The molecule has 0 aliphatic carbocycles. The summed E-state index contributed by atoms with van der Waals surface area (Å²) >= 11 is 0. The number of nitrogens with zero attached hydrogens (tertiary/aromatic N) is 2. The standard InChI is InChI=1S/C17H27N3O4/c1-13-10-14(20(23)24)6-7-15(13)18-16(22)11-19(8-5-9-21)12-17(2,3)4/h6-7,10,21H,5,8-9,11-12H2,1-4H3,(H,18,22). The van der Waals surface area contributed by atoms with Gasteiger partial charge in [-0.25, -0.2) is 0 Å². The van der Waals surface area contributed by atoms with Gasteiger partial charge in [0.25, 0.3) is 5.69 Å². The number of non-ortho nitro benzene ring substituents is 1. The van der Waals surface area contributed by atoms with E-state index in [1.54, 1.807) is 13.0 Å². The van der Waals surface area contributed by atoms with Crippen molar-refractivity contribution in [2.24, 2.45) is 5.41 Å². The number of aliphatic hydroxyl groups excluding tert-OH is 1. The van der Waals surface area contributed by atoms with E-state index in [9.17, 15) is 14.9 Å². The van der Waals surface area contributed by atoms with Crippen molar-refractivity contribution >= 4 is 17.3 Å². The molecule has 1 amide bonds. The van der Waals surface area contributed by atoms with Crippen molar-refractivity contribution in [3.63, 3.8) is 0 Å². The van der Waals surface area contributed by atoms with E-state index in [1.165, 1.54) is 12.1 Å². The van der Waals surface area contributed by atoms with Crippen LogP contribution >= 0.6 is 0 Å². The maximum Gasteiger partial charge on any atom is 0.269 e. The number of hydrogen-bond acceptors (Lipinski definition) is 5. The van der Waals surface area contributed by atoms with Gasteiger partial charge in [0.2, 0.25) is 5.91 Å². The van der Waals surface area contributed by atoms with Gasteiger partial charge in [-0.05, 0) is 30.4 Å². The van der Waals surface area contributed by atoms with Crippen molar-refractivity contribution in [2.75, 3.05) is 31.6 Å². The summed E-state index contributed by atoms with van der Waals surface area (Å²) in [6.45, 7) is 9.69. The van der Waals surface area contributed by atoms with Crippen LogP contribution in [-0.2, 0) is 4.79 Å². The number of nitrogens with one attached hydrogen (secondary N) is 1. The Bertz CT molecular complexity index is 582. The van der Waals surface area contributed by atoms with Crippen LogP contribution in [0.5, 0.6) is 0 Å². The molecule has 0 atom stereocenters. The molecule has 2 N–H and O–H groups in total. The summed E-state index contributed by atoms with van der Waals surface area (Å²) < 4.78 is 0. The lowest BCUT2D eigenvalue weighted by Gasteiger charge is -2.29. The van der Waals surface area contributed by atoms with Gasteiger partial charge in [0.05, 0.1) is 11.5 Å². The molecule has 1 aromatic carbocycles. The number of rotatable bonds is 8. The molecule has 0 unspecified atom stereocenters. The highest BCUT2D eigenvalue weighted by Crippen LogP contribution is 2.21. The SMILES string of the molecule is Cc1cc([N+](=O)[O-])ccc1NC(=O)CN(CCCO)CC(C)(C)C. The van der Waals surface area contributed by atoms with Gasteiger partial charge in [-0.15, -0.1) is 0 Å². The van der Waals surface area contributed by atoms with Gasteiger partial charge in [0.1, 0.15) is 0 Å². The fourth-order valence-corrected chi connectivity index (χ4v) is 2.47. The highest BCUT2D eigenvalue weighted by Gasteiger charge is 2.19. The Balaban J connectivity index is 2.72. The lowest BCUT2D eigenvalue weighted by atomic mass is 9.96. The van der Waals surface area contributed by atoms with Gasteiger partial charge < -0.3 is 10.4 Å². The third kappa shape index (κ3) is 7.06. The van der Waals surface area contributed by atoms with E-state index in [1.807, 2.05) is 4.90 Å². The molecule has 0 spiro atoms. The van der Waals surface area contributed by atoms with E-state index in [0.29, 0.717) is 24.2 Å². The van der Waals surface area contributed by atoms with Crippen LogP contribution in [0, 0.1) is 22.5 Å². The topological polar surface area (TPSA) is 95.7 Å². The molecule has 0 bridgehead atoms. The summed E-state index contributed by atoms with van der Waals surface area (Å²) in [6.07, 6.45) is 0.611. The van der Waals surface area contributed by atoms with Gasteiger partial charge in [-0.2, -0.15) is 0 Å². The zero-order valence-electron chi connectivity index (χ0n) is 14.8. The molecular formula is C17H27N3O4. The Morgan fingerprint density at radius 3 is 2.54 bits per heavy atom. The average Bonchev–Trinajstić information content (AvgIpc) is 2.45. The van der Waals surface area contributed by atoms with Crippen LogP contribution in [0.4, 0.5) is 11.4 Å². The Hall–Kier alpha value is -1.99. The lowest BCUT2D eigenvalue weighted by molar-refractivity contribution is -0.384. The van der Waals surface area contributed by atoms with Gasteiger partial charge in [-0.3, -0.25) is 19.8 Å². The van der Waals surface area contributed by atoms with Crippen LogP contribution in [0.25, 0.3) is 0 Å². The van der Waals surface area contributed by atoms with Gasteiger partial charge >= 0.3 is 0 Å². The third-order valence-corrected chi connectivity index (χ3v) is 3.39. The second kappa shape index (κ2) is 8.75. The Morgan fingerprint density at radius 2 is 2.04 bits per heavy atom. The molecular weight excluding hydrogens is 310 g/mol. The number of anilines is 1. The number of amides is 1. The number of hydrogen-bond donors (Lipinski definition) is 2. The molecule has 1 rings (SSSR count). The fraction of sp³-hybridized carbons (Fsp3) is 0.588. The fourth-order valence-electron chi connectivity index (χ4n) is 2.47. The smallest absolute Gasteiger partial charge is 0.269 e. The third-order valence-electron chi connectivity index (χ3n) is 3.39. The predicted octanol–water partition coefficient (Wildman–Crippen LogP) is 2.57. The van der Waals surface area contributed by atoms with Crippen LogP contribution in [-0.4, -0.2) is 47.1 Å². The first kappa shape index (κ1) is 20.1. The molecule has 0 saturated carbocycles. The van der Waals surface area contributed by atoms with E-state index in [4.69, 9.17) is 5.11 Å². The van der Waals surface area contributed by atoms with Crippen LogP contribution in [0.1, 0.15) is 32.8 Å². The Morgan fingerprint density at radius 1 is 1.38 bits per heavy atom. The summed E-state index contributed by atoms with van der Waals surface area (Å²) in [6, 6.07) is 4.36. The zero-order chi connectivity index (χ0) is 18.3. The molecule has 0 aliphatic rings. The first-order valence-electron chi connectivity index (χ1n) is 8.00. The minimum atomic E-state index is -0.460. The average molecular weight is 337 g/mol. The van der Waals surface area contributed by atoms with Crippen LogP contribution in [0.15, 0.2) is 18.2 Å². The summed E-state index contributed by atoms with van der Waals surface area (Å²) in [5, 5.41) is 22.6. The second-order valence-electron chi connectivity index (χ2n) is 7.15. The highest BCUT2D eigenvalue weighted by molar-refractivity contribution is 5.93. The van der Waals surface area contributed by atoms with E-state index in [-0.39, 0.29) is 30.2 Å². The molecule has 134 valence electrons. The molecule has 0 saturated heterocycles. The predicted molar refractivity (Wildman–Crippen MR) is 94.1 cm³/mol. The Kier molecular flexibility index (Phi) is 7.31. The van der Waals surface area contributed by atoms with Crippen LogP contribution in [0.3, 0.4) is 0 Å². The summed E-state index contributed by atoms with van der Waals surface area (Å²) in [5.41, 5.74) is 1.26. The summed E-state index contributed by atoms with van der Waals surface area (Å²) in [5.74, 6) is -0.172. The number of nitro benzene ring substituents is 1. The van der Waals surface area contributed by atoms with Crippen molar-refractivity contribution in [1.82, 2.24) is 4.90 Å². The van der Waals surface area contributed by atoms with E-state index in [0.717, 1.165) is 6.54 Å². The molecule has 0 fully saturated rings. The molecule has 0 heterocycles. The number of aliphatic hydroxyl groups is 1. The summed E-state index contributed by atoms with van der Waals surface area (Å²) in [4.78, 5) is 24.6. The van der Waals surface area contributed by atoms with Gasteiger partial charge in [0.15, 0.2) is 0 Å². The van der Waals surface area contributed by atoms with Crippen LogP contribution < -0.4 is 5.32 Å². The first-order chi connectivity index (χ1) is 11.1. The van der Waals surface area contributed by atoms with Crippen LogP contribution in [0.2, 0.25) is 0 Å². The quantitative estimate of drug-likeness (QED) is 0.561. The van der Waals surface area contributed by atoms with Gasteiger partial charge in [-0.1, -0.05) is 20.8 Å². The maximum absolute atomic E-state index is 12.3. The number of benzene rings is 1. The minimum absolute atomic E-state index is 0.00260. The van der Waals surface area contributed by atoms with Crippen molar-refractivity contribution < 1.29 is 14.8 Å².